The van der Waals surface area contributed by atoms with Crippen molar-refractivity contribution in [2.45, 2.75) is 12.8 Å². The third-order valence-electron chi connectivity index (χ3n) is 1.61. The molecule has 60 valence electrons. The Morgan fingerprint density at radius 1 is 1.27 bits per heavy atom. The highest BCUT2D eigenvalue weighted by molar-refractivity contribution is 6.17. The molecule has 0 amide bonds. The average Bonchev–Trinajstić information content (AvgIpc) is 1.99. The molecule has 0 fully saturated rings. The number of rotatable bonds is 1. The van der Waals surface area contributed by atoms with Crippen molar-refractivity contribution in [3.8, 4) is 0 Å². The largest absolute Gasteiger partial charge is 0.207 e. The van der Waals surface area contributed by atoms with Gasteiger partial charge in [0.05, 0.1) is 5.88 Å². The summed E-state index contributed by atoms with van der Waals surface area (Å²) in [6.07, 6.45) is 0. The third-order valence-corrected chi connectivity index (χ3v) is 1.88. The molecule has 0 unspecified atom stereocenters. The van der Waals surface area contributed by atoms with Crippen LogP contribution in [0.2, 0.25) is 0 Å². The second-order valence-corrected chi connectivity index (χ2v) is 2.53. The summed E-state index contributed by atoms with van der Waals surface area (Å²) in [7, 11) is 0. The van der Waals surface area contributed by atoms with Gasteiger partial charge in [0.1, 0.15) is 11.6 Å². The highest BCUT2D eigenvalue weighted by Crippen LogP contribution is 2.17. The minimum Gasteiger partial charge on any atom is -0.207 e. The molecule has 0 N–H and O–H groups in total. The molecule has 0 atom stereocenters. The van der Waals surface area contributed by atoms with Crippen LogP contribution in [0.25, 0.3) is 0 Å². The molecule has 0 heterocycles. The van der Waals surface area contributed by atoms with E-state index in [0.29, 0.717) is 5.56 Å². The number of hydrogen-bond donors (Lipinski definition) is 0. The van der Waals surface area contributed by atoms with Gasteiger partial charge < -0.3 is 0 Å². The van der Waals surface area contributed by atoms with Crippen molar-refractivity contribution in [3.63, 3.8) is 0 Å². The summed E-state index contributed by atoms with van der Waals surface area (Å²) >= 11 is 5.40. The smallest absolute Gasteiger partial charge is 0.128 e. The Bertz CT molecular complexity index is 271. The van der Waals surface area contributed by atoms with Crippen LogP contribution in [0.5, 0.6) is 0 Å². The molecule has 1 aromatic carbocycles. The van der Waals surface area contributed by atoms with Gasteiger partial charge in [-0.05, 0) is 24.6 Å². The van der Waals surface area contributed by atoms with Gasteiger partial charge in [0.2, 0.25) is 0 Å². The highest BCUT2D eigenvalue weighted by atomic mass is 35.5. The molecule has 0 aliphatic rings. The maximum atomic E-state index is 12.8. The molecule has 11 heavy (non-hydrogen) atoms. The van der Waals surface area contributed by atoms with Crippen molar-refractivity contribution >= 4 is 11.6 Å². The third kappa shape index (κ3) is 1.51. The van der Waals surface area contributed by atoms with Crippen molar-refractivity contribution in [2.75, 3.05) is 0 Å². The fourth-order valence-corrected chi connectivity index (χ4v) is 1.19. The molecule has 0 aliphatic heterocycles. The van der Waals surface area contributed by atoms with E-state index in [0.717, 1.165) is 12.1 Å². The zero-order chi connectivity index (χ0) is 8.43. The van der Waals surface area contributed by atoms with Crippen molar-refractivity contribution in [3.05, 3.63) is 34.9 Å². The minimum atomic E-state index is -0.445. The van der Waals surface area contributed by atoms with Gasteiger partial charge >= 0.3 is 0 Å². The van der Waals surface area contributed by atoms with Gasteiger partial charge in [-0.25, -0.2) is 8.78 Å². The Kier molecular flexibility index (Phi) is 2.45. The molecule has 0 nitrogen and oxygen atoms in total. The first-order valence-corrected chi connectivity index (χ1v) is 3.69. The van der Waals surface area contributed by atoms with Crippen LogP contribution in [0.15, 0.2) is 12.1 Å². The lowest BCUT2D eigenvalue weighted by Crippen LogP contribution is -1.94. The van der Waals surface area contributed by atoms with E-state index in [-0.39, 0.29) is 11.4 Å². The molecular weight excluding hydrogens is 170 g/mol. The molecule has 0 aliphatic carbocycles. The Labute approximate surface area is 68.8 Å². The zero-order valence-electron chi connectivity index (χ0n) is 6.00. The maximum absolute atomic E-state index is 12.8. The normalized spacial score (nSPS) is 10.2. The van der Waals surface area contributed by atoms with E-state index < -0.39 is 11.6 Å². The lowest BCUT2D eigenvalue weighted by Gasteiger charge is -2.03. The number of hydrogen-bond acceptors (Lipinski definition) is 0. The topological polar surface area (TPSA) is 0 Å². The molecule has 0 radical (unpaired) electrons. The second-order valence-electron chi connectivity index (χ2n) is 2.27. The monoisotopic (exact) mass is 176 g/mol. The summed E-state index contributed by atoms with van der Waals surface area (Å²) in [4.78, 5) is 0. The van der Waals surface area contributed by atoms with Crippen LogP contribution in [0.1, 0.15) is 11.1 Å². The average molecular weight is 177 g/mol. The lowest BCUT2D eigenvalue weighted by atomic mass is 10.1. The summed E-state index contributed by atoms with van der Waals surface area (Å²) < 4.78 is 25.5. The number of alkyl halides is 1. The van der Waals surface area contributed by atoms with Crippen LogP contribution < -0.4 is 0 Å². The Hall–Kier alpha value is -0.630. The number of halogens is 3. The summed E-state index contributed by atoms with van der Waals surface area (Å²) in [6, 6.07) is 2.18. The van der Waals surface area contributed by atoms with Gasteiger partial charge in [-0.2, -0.15) is 0 Å². The van der Waals surface area contributed by atoms with E-state index in [2.05, 4.69) is 0 Å². The summed E-state index contributed by atoms with van der Waals surface area (Å²) in [5.41, 5.74) is 0.534. The maximum Gasteiger partial charge on any atom is 0.128 e. The fourth-order valence-electron chi connectivity index (χ4n) is 0.859. The van der Waals surface area contributed by atoms with Crippen molar-refractivity contribution in [2.24, 2.45) is 0 Å². The van der Waals surface area contributed by atoms with Crippen LogP contribution in [-0.4, -0.2) is 0 Å². The first kappa shape index (κ1) is 8.47. The Balaban J connectivity index is 3.29. The molecule has 0 bridgehead atoms. The zero-order valence-corrected chi connectivity index (χ0v) is 6.75. The molecule has 0 aromatic heterocycles. The van der Waals surface area contributed by atoms with Crippen LogP contribution >= 0.6 is 11.6 Å². The summed E-state index contributed by atoms with van der Waals surface area (Å²) in [5, 5.41) is 0. The van der Waals surface area contributed by atoms with Crippen molar-refractivity contribution in [1.82, 2.24) is 0 Å². The summed E-state index contributed by atoms with van der Waals surface area (Å²) in [5.74, 6) is -0.851. The minimum absolute atomic E-state index is 0.00935. The first-order valence-electron chi connectivity index (χ1n) is 3.16. The predicted molar refractivity (Wildman–Crippen MR) is 40.7 cm³/mol. The molecule has 3 heteroatoms. The van der Waals surface area contributed by atoms with Crippen LogP contribution in [-0.2, 0) is 5.88 Å². The van der Waals surface area contributed by atoms with E-state index in [1.807, 2.05) is 0 Å². The van der Waals surface area contributed by atoms with Crippen LogP contribution in [0.3, 0.4) is 0 Å². The standard InChI is InChI=1S/C8H7ClF2/c1-5-6(4-9)8(11)3-2-7(5)10/h2-3H,4H2,1H3. The van der Waals surface area contributed by atoms with Crippen LogP contribution in [0.4, 0.5) is 8.78 Å². The van der Waals surface area contributed by atoms with E-state index in [4.69, 9.17) is 11.6 Å². The highest BCUT2D eigenvalue weighted by Gasteiger charge is 2.07. The molecule has 0 saturated heterocycles. The quantitative estimate of drug-likeness (QED) is 0.577. The van der Waals surface area contributed by atoms with E-state index in [9.17, 15) is 8.78 Å². The van der Waals surface area contributed by atoms with E-state index in [1.54, 1.807) is 0 Å². The van der Waals surface area contributed by atoms with Gasteiger partial charge in [-0.3, -0.25) is 0 Å². The van der Waals surface area contributed by atoms with Gasteiger partial charge in [0.25, 0.3) is 0 Å². The van der Waals surface area contributed by atoms with E-state index >= 15 is 0 Å². The Morgan fingerprint density at radius 3 is 2.27 bits per heavy atom. The molecular formula is C8H7ClF2. The van der Waals surface area contributed by atoms with Gasteiger partial charge in [-0.15, -0.1) is 11.6 Å². The van der Waals surface area contributed by atoms with Gasteiger partial charge in [-0.1, -0.05) is 0 Å². The molecule has 0 saturated carbocycles. The SMILES string of the molecule is Cc1c(F)ccc(F)c1CCl. The van der Waals surface area contributed by atoms with Crippen LogP contribution in [0, 0.1) is 18.6 Å². The van der Waals surface area contributed by atoms with Crippen molar-refractivity contribution < 1.29 is 8.78 Å². The van der Waals surface area contributed by atoms with E-state index in [1.165, 1.54) is 6.92 Å². The lowest BCUT2D eigenvalue weighted by molar-refractivity contribution is 0.583. The predicted octanol–water partition coefficient (Wildman–Crippen LogP) is 3.01. The Morgan fingerprint density at radius 2 is 1.82 bits per heavy atom. The molecule has 1 aromatic rings. The molecule has 0 spiro atoms. The summed E-state index contributed by atoms with van der Waals surface area (Å²) in [6.45, 7) is 1.51. The van der Waals surface area contributed by atoms with Gasteiger partial charge in [0, 0.05) is 5.56 Å². The first-order chi connectivity index (χ1) is 5.16. The molecule has 1 rings (SSSR count). The number of benzene rings is 1. The fraction of sp³-hybridized carbons (Fsp3) is 0.250. The van der Waals surface area contributed by atoms with Gasteiger partial charge in [0.15, 0.2) is 0 Å². The van der Waals surface area contributed by atoms with Crippen molar-refractivity contribution in [1.29, 1.82) is 0 Å². The second kappa shape index (κ2) is 3.18.